The molecule has 3 heterocycles. The summed E-state index contributed by atoms with van der Waals surface area (Å²) in [6, 6.07) is 17.6. The van der Waals surface area contributed by atoms with Crippen LogP contribution >= 0.6 is 0 Å². The molecule has 0 radical (unpaired) electrons. The van der Waals surface area contributed by atoms with E-state index in [2.05, 4.69) is 64.3 Å². The van der Waals surface area contributed by atoms with Crippen LogP contribution in [-0.2, 0) is 10.0 Å². The Morgan fingerprint density at radius 1 is 0.941 bits per heavy atom. The first kappa shape index (κ1) is 23.5. The molecule has 0 aliphatic carbocycles. The molecule has 2 aliphatic heterocycles. The van der Waals surface area contributed by atoms with Crippen molar-refractivity contribution in [3.05, 3.63) is 60.3 Å². The largest absolute Gasteiger partial charge is 0.361 e. The van der Waals surface area contributed by atoms with Crippen molar-refractivity contribution in [2.24, 2.45) is 0 Å². The summed E-state index contributed by atoms with van der Waals surface area (Å²) in [4.78, 5) is 3.42. The van der Waals surface area contributed by atoms with Gasteiger partial charge in [-0.3, -0.25) is 0 Å². The Morgan fingerprint density at radius 2 is 1.71 bits per heavy atom. The summed E-state index contributed by atoms with van der Waals surface area (Å²) in [6.45, 7) is 4.10. The monoisotopic (exact) mass is 480 g/mol. The number of hydrogen-bond donors (Lipinski definition) is 3. The van der Waals surface area contributed by atoms with Gasteiger partial charge in [0.15, 0.2) is 0 Å². The minimum atomic E-state index is -3.19. The Kier molecular flexibility index (Phi) is 7.34. The molecule has 0 bridgehead atoms. The number of benzene rings is 2. The van der Waals surface area contributed by atoms with Crippen molar-refractivity contribution in [1.82, 2.24) is 19.9 Å². The van der Waals surface area contributed by atoms with Gasteiger partial charge in [0.2, 0.25) is 10.0 Å². The third kappa shape index (κ3) is 5.38. The molecule has 0 unspecified atom stereocenters. The van der Waals surface area contributed by atoms with Gasteiger partial charge in [-0.2, -0.15) is 0 Å². The second-order valence-electron chi connectivity index (χ2n) is 9.69. The summed E-state index contributed by atoms with van der Waals surface area (Å²) in [5, 5.41) is 8.15. The average molecular weight is 481 g/mol. The predicted molar refractivity (Wildman–Crippen MR) is 140 cm³/mol. The number of sulfonamides is 1. The summed E-state index contributed by atoms with van der Waals surface area (Å²) in [5.74, 6) is 0.621. The molecule has 1 aromatic heterocycles. The molecule has 0 spiro atoms. The van der Waals surface area contributed by atoms with Crippen molar-refractivity contribution in [3.63, 3.8) is 0 Å². The SMILES string of the molecule is O=S(=O)(CCCNC1CCNCC1)N1CCC(c2c[nH]c3ccc(-c4ccccc4)cc23)CC1. The Morgan fingerprint density at radius 3 is 2.47 bits per heavy atom. The van der Waals surface area contributed by atoms with E-state index in [-0.39, 0.29) is 5.75 Å². The minimum Gasteiger partial charge on any atom is -0.361 e. The topological polar surface area (TPSA) is 77.2 Å². The molecular weight excluding hydrogens is 444 g/mol. The highest BCUT2D eigenvalue weighted by Gasteiger charge is 2.29. The van der Waals surface area contributed by atoms with Gasteiger partial charge in [-0.1, -0.05) is 36.4 Å². The van der Waals surface area contributed by atoms with Crippen molar-refractivity contribution in [3.8, 4) is 11.1 Å². The maximum atomic E-state index is 12.9. The third-order valence-corrected chi connectivity index (χ3v) is 9.42. The van der Waals surface area contributed by atoms with Gasteiger partial charge in [-0.25, -0.2) is 12.7 Å². The molecule has 7 heteroatoms. The van der Waals surface area contributed by atoms with Crippen LogP contribution < -0.4 is 10.6 Å². The number of fused-ring (bicyclic) bond motifs is 1. The fraction of sp³-hybridized carbons (Fsp3) is 0.481. The van der Waals surface area contributed by atoms with Gasteiger partial charge < -0.3 is 15.6 Å². The van der Waals surface area contributed by atoms with E-state index in [4.69, 9.17) is 0 Å². The van der Waals surface area contributed by atoms with E-state index in [9.17, 15) is 8.42 Å². The maximum Gasteiger partial charge on any atom is 0.214 e. The van der Waals surface area contributed by atoms with Crippen LogP contribution in [0.2, 0.25) is 0 Å². The molecule has 6 nitrogen and oxygen atoms in total. The first-order valence-corrected chi connectivity index (χ1v) is 14.3. The molecule has 3 aromatic rings. The highest BCUT2D eigenvalue weighted by Crippen LogP contribution is 2.35. The van der Waals surface area contributed by atoms with E-state index in [1.165, 1.54) is 22.1 Å². The molecule has 182 valence electrons. The minimum absolute atomic E-state index is 0.239. The highest BCUT2D eigenvalue weighted by atomic mass is 32.2. The first-order valence-electron chi connectivity index (χ1n) is 12.7. The summed E-state index contributed by atoms with van der Waals surface area (Å²) < 4.78 is 27.6. The van der Waals surface area contributed by atoms with E-state index < -0.39 is 10.0 Å². The zero-order valence-corrected chi connectivity index (χ0v) is 20.6. The van der Waals surface area contributed by atoms with Crippen molar-refractivity contribution in [1.29, 1.82) is 0 Å². The lowest BCUT2D eigenvalue weighted by molar-refractivity contribution is 0.319. The first-order chi connectivity index (χ1) is 16.6. The van der Waals surface area contributed by atoms with E-state index >= 15 is 0 Å². The second kappa shape index (κ2) is 10.6. The van der Waals surface area contributed by atoms with Gasteiger partial charge in [0.05, 0.1) is 5.75 Å². The molecule has 2 fully saturated rings. The van der Waals surface area contributed by atoms with Crippen LogP contribution in [-0.4, -0.2) is 62.2 Å². The van der Waals surface area contributed by atoms with Crippen LogP contribution in [0.1, 0.15) is 43.6 Å². The molecule has 2 aromatic carbocycles. The smallest absolute Gasteiger partial charge is 0.214 e. The number of rotatable bonds is 8. The highest BCUT2D eigenvalue weighted by molar-refractivity contribution is 7.89. The lowest BCUT2D eigenvalue weighted by Crippen LogP contribution is -2.42. The zero-order valence-electron chi connectivity index (χ0n) is 19.8. The Bertz CT molecular complexity index is 1180. The zero-order chi connectivity index (χ0) is 23.4. The normalized spacial score (nSPS) is 19.1. The molecule has 0 saturated carbocycles. The van der Waals surface area contributed by atoms with E-state index in [0.29, 0.717) is 31.5 Å². The number of aromatic amines is 1. The van der Waals surface area contributed by atoms with Gasteiger partial charge in [0, 0.05) is 36.2 Å². The lowest BCUT2D eigenvalue weighted by Gasteiger charge is -2.31. The van der Waals surface area contributed by atoms with Gasteiger partial charge in [-0.05, 0) is 86.5 Å². The molecule has 0 atom stereocenters. The quantitative estimate of drug-likeness (QED) is 0.425. The van der Waals surface area contributed by atoms with E-state index in [1.807, 2.05) is 6.07 Å². The molecule has 0 amide bonds. The summed E-state index contributed by atoms with van der Waals surface area (Å²) in [6.07, 6.45) is 6.80. The maximum absolute atomic E-state index is 12.9. The fourth-order valence-corrected chi connectivity index (χ4v) is 6.99. The molecule has 3 N–H and O–H groups in total. The van der Waals surface area contributed by atoms with Gasteiger partial charge in [-0.15, -0.1) is 0 Å². The molecule has 2 saturated heterocycles. The van der Waals surface area contributed by atoms with Crippen LogP contribution in [0, 0.1) is 0 Å². The summed E-state index contributed by atoms with van der Waals surface area (Å²) in [5.41, 5.74) is 4.89. The van der Waals surface area contributed by atoms with E-state index in [0.717, 1.165) is 50.8 Å². The van der Waals surface area contributed by atoms with E-state index in [1.54, 1.807) is 4.31 Å². The predicted octanol–water partition coefficient (Wildman–Crippen LogP) is 4.08. The number of hydrogen-bond acceptors (Lipinski definition) is 4. The number of nitrogens with zero attached hydrogens (tertiary/aromatic N) is 1. The van der Waals surface area contributed by atoms with Crippen molar-refractivity contribution < 1.29 is 8.42 Å². The molecule has 5 rings (SSSR count). The standard InChI is InChI=1S/C27H36N4O2S/c32-34(33,18-4-13-29-24-9-14-28-15-10-24)31-16-11-22(12-17-31)26-20-30-27-8-7-23(19-25(26)27)21-5-2-1-3-6-21/h1-3,5-8,19-20,22,24,28-30H,4,9-18H2. The third-order valence-electron chi connectivity index (χ3n) is 7.46. The molecule has 34 heavy (non-hydrogen) atoms. The van der Waals surface area contributed by atoms with Crippen molar-refractivity contribution >= 4 is 20.9 Å². The number of H-pyrrole nitrogens is 1. The van der Waals surface area contributed by atoms with Gasteiger partial charge >= 0.3 is 0 Å². The number of piperidine rings is 2. The fourth-order valence-electron chi connectivity index (χ4n) is 5.45. The average Bonchev–Trinajstić information content (AvgIpc) is 3.31. The number of aromatic nitrogens is 1. The van der Waals surface area contributed by atoms with Crippen LogP contribution in [0.4, 0.5) is 0 Å². The van der Waals surface area contributed by atoms with Crippen LogP contribution in [0.25, 0.3) is 22.0 Å². The van der Waals surface area contributed by atoms with Crippen molar-refractivity contribution in [2.45, 2.75) is 44.1 Å². The van der Waals surface area contributed by atoms with Crippen LogP contribution in [0.15, 0.2) is 54.7 Å². The lowest BCUT2D eigenvalue weighted by atomic mass is 9.89. The van der Waals surface area contributed by atoms with Crippen LogP contribution in [0.5, 0.6) is 0 Å². The second-order valence-corrected chi connectivity index (χ2v) is 11.8. The summed E-state index contributed by atoms with van der Waals surface area (Å²) >= 11 is 0. The van der Waals surface area contributed by atoms with Gasteiger partial charge in [0.1, 0.15) is 0 Å². The molecular formula is C27H36N4O2S. The Balaban J connectivity index is 1.17. The Labute approximate surface area is 203 Å². The van der Waals surface area contributed by atoms with Crippen LogP contribution in [0.3, 0.4) is 0 Å². The Hall–Kier alpha value is -2.19. The molecule has 2 aliphatic rings. The number of nitrogens with one attached hydrogen (secondary N) is 3. The van der Waals surface area contributed by atoms with Gasteiger partial charge in [0.25, 0.3) is 0 Å². The van der Waals surface area contributed by atoms with Crippen molar-refractivity contribution in [2.75, 3.05) is 38.5 Å². The summed E-state index contributed by atoms with van der Waals surface area (Å²) in [7, 11) is -3.19.